The highest BCUT2D eigenvalue weighted by Gasteiger charge is 2.17. The molecule has 3 rings (SSSR count). The van der Waals surface area contributed by atoms with E-state index in [1.165, 1.54) is 6.20 Å². The average Bonchev–Trinajstić information content (AvgIpc) is 2.65. The highest BCUT2D eigenvalue weighted by atomic mass is 35.5. The van der Waals surface area contributed by atoms with Crippen molar-refractivity contribution < 1.29 is 9.59 Å². The van der Waals surface area contributed by atoms with Gasteiger partial charge in [0, 0.05) is 34.3 Å². The van der Waals surface area contributed by atoms with E-state index in [4.69, 9.17) is 17.3 Å². The van der Waals surface area contributed by atoms with Crippen molar-refractivity contribution in [2.75, 3.05) is 5.32 Å². The lowest BCUT2D eigenvalue weighted by Crippen LogP contribution is -2.19. The number of nitrogens with zero attached hydrogens (tertiary/aromatic N) is 1. The second kappa shape index (κ2) is 7.80. The summed E-state index contributed by atoms with van der Waals surface area (Å²) < 4.78 is 0. The Balaban J connectivity index is 1.96. The monoisotopic (exact) mass is 365 g/mol. The van der Waals surface area contributed by atoms with E-state index >= 15 is 0 Å². The maximum absolute atomic E-state index is 12.5. The first-order chi connectivity index (χ1) is 12.5. The lowest BCUT2D eigenvalue weighted by molar-refractivity contribution is 0.0995. The van der Waals surface area contributed by atoms with Crippen molar-refractivity contribution in [3.05, 3.63) is 94.1 Å². The number of carbonyl (C=O) groups excluding carboxylic acids is 2. The van der Waals surface area contributed by atoms with Gasteiger partial charge in [0.25, 0.3) is 5.91 Å². The summed E-state index contributed by atoms with van der Waals surface area (Å²) in [6, 6.07) is 17.6. The van der Waals surface area contributed by atoms with E-state index in [-0.39, 0.29) is 5.91 Å². The number of hydrogen-bond donors (Lipinski definition) is 2. The number of nitrogens with one attached hydrogen (secondary N) is 1. The smallest absolute Gasteiger partial charge is 0.256 e. The Labute approximate surface area is 155 Å². The third kappa shape index (κ3) is 4.07. The number of rotatable bonds is 5. The highest BCUT2D eigenvalue weighted by Crippen LogP contribution is 2.23. The number of pyridine rings is 1. The normalized spacial score (nSPS) is 10.3. The molecule has 6 heteroatoms. The molecule has 3 N–H and O–H groups in total. The molecule has 0 aliphatic heterocycles. The summed E-state index contributed by atoms with van der Waals surface area (Å²) in [7, 11) is 0. The molecule has 0 saturated carbocycles. The van der Waals surface area contributed by atoms with Gasteiger partial charge in [-0.1, -0.05) is 41.9 Å². The Bertz CT molecular complexity index is 941. The van der Waals surface area contributed by atoms with Crippen LogP contribution in [0.1, 0.15) is 31.8 Å². The molecule has 5 nitrogen and oxygen atoms in total. The fourth-order valence-electron chi connectivity index (χ4n) is 2.59. The van der Waals surface area contributed by atoms with Crippen molar-refractivity contribution in [2.24, 2.45) is 5.73 Å². The number of anilines is 1. The van der Waals surface area contributed by atoms with Crippen molar-refractivity contribution in [1.82, 2.24) is 4.98 Å². The predicted molar refractivity (Wildman–Crippen MR) is 101 cm³/mol. The van der Waals surface area contributed by atoms with Crippen LogP contribution in [-0.4, -0.2) is 16.8 Å². The third-order valence-corrected chi connectivity index (χ3v) is 4.14. The van der Waals surface area contributed by atoms with Gasteiger partial charge in [0.15, 0.2) is 0 Å². The molecular weight excluding hydrogens is 350 g/mol. The van der Waals surface area contributed by atoms with E-state index in [9.17, 15) is 9.59 Å². The Hall–Kier alpha value is -3.18. The van der Waals surface area contributed by atoms with Crippen molar-refractivity contribution >= 4 is 29.2 Å². The minimum atomic E-state index is -0.577. The molecule has 0 saturated heterocycles. The summed E-state index contributed by atoms with van der Waals surface area (Å²) in [4.78, 5) is 28.5. The topological polar surface area (TPSA) is 85.1 Å². The Kier molecular flexibility index (Phi) is 5.29. The average molecular weight is 366 g/mol. The fraction of sp³-hybridized carbons (Fsp3) is 0.0500. The second-order valence-corrected chi connectivity index (χ2v) is 6.11. The van der Waals surface area contributed by atoms with Crippen LogP contribution in [0, 0.1) is 0 Å². The van der Waals surface area contributed by atoms with Crippen LogP contribution in [0.3, 0.4) is 0 Å². The molecule has 3 aromatic rings. The summed E-state index contributed by atoms with van der Waals surface area (Å²) >= 11 is 5.92. The molecule has 130 valence electrons. The molecule has 1 aromatic heterocycles. The molecule has 0 atom stereocenters. The van der Waals surface area contributed by atoms with Gasteiger partial charge >= 0.3 is 0 Å². The van der Waals surface area contributed by atoms with Crippen LogP contribution in [0.25, 0.3) is 0 Å². The second-order valence-electron chi connectivity index (χ2n) is 5.67. The van der Waals surface area contributed by atoms with Gasteiger partial charge in [0.05, 0.1) is 0 Å². The molecule has 0 spiro atoms. The van der Waals surface area contributed by atoms with E-state index in [1.807, 2.05) is 18.2 Å². The van der Waals surface area contributed by atoms with Gasteiger partial charge in [0.1, 0.15) is 5.82 Å². The summed E-state index contributed by atoms with van der Waals surface area (Å²) in [6.07, 6.45) is 1.83. The van der Waals surface area contributed by atoms with Crippen molar-refractivity contribution in [1.29, 1.82) is 0 Å². The number of halogens is 1. The van der Waals surface area contributed by atoms with Crippen LogP contribution in [0.2, 0.25) is 5.02 Å². The number of nitrogens with two attached hydrogens (primary N) is 1. The highest BCUT2D eigenvalue weighted by molar-refractivity contribution is 6.30. The first-order valence-corrected chi connectivity index (χ1v) is 8.31. The quantitative estimate of drug-likeness (QED) is 0.723. The summed E-state index contributed by atoms with van der Waals surface area (Å²) in [5.41, 5.74) is 7.80. The van der Waals surface area contributed by atoms with Gasteiger partial charge in [0.2, 0.25) is 5.91 Å². The number of carbonyl (C=O) groups is 2. The lowest BCUT2D eigenvalue weighted by Gasteiger charge is -2.13. The summed E-state index contributed by atoms with van der Waals surface area (Å²) in [6.45, 7) is 0. The predicted octanol–water partition coefficient (Wildman–Crippen LogP) is 3.68. The molecule has 2 aromatic carbocycles. The minimum absolute atomic E-state index is 0.308. The number of benzene rings is 2. The first kappa shape index (κ1) is 17.6. The van der Waals surface area contributed by atoms with E-state index in [1.54, 1.807) is 42.5 Å². The molecule has 1 heterocycles. The molecule has 0 aliphatic carbocycles. The van der Waals surface area contributed by atoms with Gasteiger partial charge in [-0.2, -0.15) is 0 Å². The number of primary amides is 1. The Morgan fingerprint density at radius 3 is 2.35 bits per heavy atom. The van der Waals surface area contributed by atoms with Crippen LogP contribution in [0.15, 0.2) is 66.9 Å². The van der Waals surface area contributed by atoms with E-state index in [2.05, 4.69) is 10.3 Å². The number of hydrogen-bond acceptors (Lipinski definition) is 3. The minimum Gasteiger partial charge on any atom is -0.366 e. The van der Waals surface area contributed by atoms with Crippen molar-refractivity contribution in [2.45, 2.75) is 6.42 Å². The molecule has 0 radical (unpaired) electrons. The summed E-state index contributed by atoms with van der Waals surface area (Å²) in [5.74, 6) is -0.575. The SMILES string of the molecule is NC(=O)c1ccnc(NC(=O)c2ccccc2)c1Cc1ccc(Cl)cc1. The van der Waals surface area contributed by atoms with Crippen LogP contribution in [0.5, 0.6) is 0 Å². The first-order valence-electron chi connectivity index (χ1n) is 7.93. The zero-order valence-corrected chi connectivity index (χ0v) is 14.5. The maximum atomic E-state index is 12.5. The number of aromatic nitrogens is 1. The van der Waals surface area contributed by atoms with Crippen LogP contribution in [-0.2, 0) is 6.42 Å². The fourth-order valence-corrected chi connectivity index (χ4v) is 2.71. The van der Waals surface area contributed by atoms with Crippen LogP contribution in [0.4, 0.5) is 5.82 Å². The van der Waals surface area contributed by atoms with Crippen molar-refractivity contribution in [3.8, 4) is 0 Å². The Morgan fingerprint density at radius 2 is 1.69 bits per heavy atom. The maximum Gasteiger partial charge on any atom is 0.256 e. The lowest BCUT2D eigenvalue weighted by atomic mass is 10.00. The summed E-state index contributed by atoms with van der Waals surface area (Å²) in [5, 5.41) is 3.39. The molecule has 0 aliphatic rings. The van der Waals surface area contributed by atoms with Gasteiger partial charge in [-0.15, -0.1) is 0 Å². The van der Waals surface area contributed by atoms with Gasteiger partial charge < -0.3 is 11.1 Å². The van der Waals surface area contributed by atoms with Crippen LogP contribution < -0.4 is 11.1 Å². The van der Waals surface area contributed by atoms with E-state index < -0.39 is 5.91 Å². The Morgan fingerprint density at radius 1 is 1.00 bits per heavy atom. The van der Waals surface area contributed by atoms with Crippen LogP contribution >= 0.6 is 11.6 Å². The molecule has 2 amide bonds. The largest absolute Gasteiger partial charge is 0.366 e. The molecule has 0 unspecified atom stereocenters. The zero-order chi connectivity index (χ0) is 18.5. The van der Waals surface area contributed by atoms with Gasteiger partial charge in [-0.25, -0.2) is 4.98 Å². The third-order valence-electron chi connectivity index (χ3n) is 3.88. The molecule has 0 bridgehead atoms. The standard InChI is InChI=1S/C20H16ClN3O2/c21-15-8-6-13(7-9-15)12-17-16(18(22)25)10-11-23-19(17)24-20(26)14-4-2-1-3-5-14/h1-11H,12H2,(H2,22,25)(H,23,24,26). The molecule has 26 heavy (non-hydrogen) atoms. The van der Waals surface area contributed by atoms with E-state index in [0.717, 1.165) is 5.56 Å². The van der Waals surface area contributed by atoms with Crippen molar-refractivity contribution in [3.63, 3.8) is 0 Å². The molecule has 0 fully saturated rings. The molecular formula is C20H16ClN3O2. The zero-order valence-electron chi connectivity index (χ0n) is 13.8. The van der Waals surface area contributed by atoms with E-state index in [0.29, 0.717) is 34.0 Å². The number of amides is 2. The van der Waals surface area contributed by atoms with Gasteiger partial charge in [-0.3, -0.25) is 9.59 Å². The van der Waals surface area contributed by atoms with Gasteiger partial charge in [-0.05, 0) is 35.9 Å².